The van der Waals surface area contributed by atoms with Crippen molar-refractivity contribution in [3.8, 4) is 0 Å². The number of pyridine rings is 1. The van der Waals surface area contributed by atoms with E-state index in [1.165, 1.54) is 0 Å². The summed E-state index contributed by atoms with van der Waals surface area (Å²) >= 11 is 0. The third-order valence-corrected chi connectivity index (χ3v) is 1.62. The van der Waals surface area contributed by atoms with Crippen LogP contribution in [0.4, 0.5) is 5.82 Å². The Balaban J connectivity index is -0.000000144. The van der Waals surface area contributed by atoms with Crippen LogP contribution in [0.5, 0.6) is 0 Å². The predicted octanol–water partition coefficient (Wildman–Crippen LogP) is -10.2. The maximum atomic E-state index is 5.51. The zero-order valence-corrected chi connectivity index (χ0v) is 14.6. The summed E-state index contributed by atoms with van der Waals surface area (Å²) in [6.45, 7) is 0. The number of nitrogen functional groups attached to an aromatic ring is 1. The molecular formula is C9H8Cl4HfN2. The molecule has 0 saturated carbocycles. The minimum Gasteiger partial charge on any atom is -1.00 e. The first-order chi connectivity index (χ1) is 5.36. The van der Waals surface area contributed by atoms with E-state index < -0.39 is 0 Å². The van der Waals surface area contributed by atoms with E-state index in [1.807, 2.05) is 36.4 Å². The summed E-state index contributed by atoms with van der Waals surface area (Å²) in [5.41, 5.74) is 6.46. The van der Waals surface area contributed by atoms with Gasteiger partial charge in [-0.05, 0) is 18.2 Å². The summed E-state index contributed by atoms with van der Waals surface area (Å²) < 4.78 is 0. The molecule has 0 saturated heterocycles. The van der Waals surface area contributed by atoms with Gasteiger partial charge in [-0.3, -0.25) is 0 Å². The summed E-state index contributed by atoms with van der Waals surface area (Å²) in [7, 11) is 0. The Morgan fingerprint density at radius 1 is 0.812 bits per heavy atom. The molecule has 0 fully saturated rings. The Hall–Kier alpha value is 0.460. The number of hydrogen-bond donors (Lipinski definition) is 1. The van der Waals surface area contributed by atoms with Crippen LogP contribution in [0.25, 0.3) is 10.9 Å². The number of rotatable bonds is 0. The average Bonchev–Trinajstić information content (AvgIpc) is 2.04. The van der Waals surface area contributed by atoms with Crippen LogP contribution in [0.1, 0.15) is 0 Å². The topological polar surface area (TPSA) is 38.9 Å². The first kappa shape index (κ1) is 25.3. The molecule has 0 bridgehead atoms. The molecule has 0 spiro atoms. The molecule has 0 aliphatic heterocycles. The molecule has 16 heavy (non-hydrogen) atoms. The molecular weight excluding hydrogens is 456 g/mol. The number of anilines is 1. The average molecular weight is 464 g/mol. The molecule has 0 unspecified atom stereocenters. The summed E-state index contributed by atoms with van der Waals surface area (Å²) in [4.78, 5) is 4.15. The number of nitrogens with zero attached hydrogens (tertiary/aromatic N) is 1. The van der Waals surface area contributed by atoms with E-state index in [0.29, 0.717) is 5.82 Å². The smallest absolute Gasteiger partial charge is 1.00 e. The summed E-state index contributed by atoms with van der Waals surface area (Å²) in [6, 6.07) is 11.7. The number of halogens is 4. The number of fused-ring (bicyclic) bond motifs is 1. The molecule has 7 heteroatoms. The monoisotopic (exact) mass is 464 g/mol. The Labute approximate surface area is 138 Å². The Morgan fingerprint density at radius 2 is 1.38 bits per heavy atom. The third-order valence-electron chi connectivity index (χ3n) is 1.62. The van der Waals surface area contributed by atoms with Gasteiger partial charge in [0.05, 0.1) is 5.52 Å². The minimum atomic E-state index is 0. The zero-order chi connectivity index (χ0) is 7.68. The molecule has 1 heterocycles. The van der Waals surface area contributed by atoms with E-state index in [4.69, 9.17) is 5.73 Å². The van der Waals surface area contributed by atoms with Crippen molar-refractivity contribution in [3.63, 3.8) is 0 Å². The van der Waals surface area contributed by atoms with Gasteiger partial charge in [-0.25, -0.2) is 4.98 Å². The van der Waals surface area contributed by atoms with Crippen LogP contribution in [0.15, 0.2) is 36.4 Å². The molecule has 2 nitrogen and oxygen atoms in total. The fraction of sp³-hybridized carbons (Fsp3) is 0. The molecule has 2 aromatic rings. The number of aromatic nitrogens is 1. The summed E-state index contributed by atoms with van der Waals surface area (Å²) in [6.07, 6.45) is 0. The van der Waals surface area contributed by atoms with Gasteiger partial charge >= 0.3 is 25.8 Å². The Morgan fingerprint density at radius 3 is 2.00 bits per heavy atom. The van der Waals surface area contributed by atoms with Crippen molar-refractivity contribution in [1.29, 1.82) is 0 Å². The second-order valence-electron chi connectivity index (χ2n) is 2.43. The maximum Gasteiger partial charge on any atom is 4.00 e. The van der Waals surface area contributed by atoms with Gasteiger partial charge < -0.3 is 55.4 Å². The zero-order valence-electron chi connectivity index (χ0n) is 8.00. The second-order valence-corrected chi connectivity index (χ2v) is 2.43. The van der Waals surface area contributed by atoms with Crippen LogP contribution in [-0.4, -0.2) is 4.98 Å². The Bertz CT molecular complexity index is 400. The standard InChI is InChI=1S/C9H8N2.4ClH.Hf/c10-9-6-5-7-3-1-2-4-8(7)11-9;;;;;/h1-6H,(H2,10,11);4*1H;/q;;;;;+4/p-4. The number of para-hydroxylation sites is 1. The Kier molecular flexibility index (Phi) is 18.9. The van der Waals surface area contributed by atoms with Gasteiger partial charge in [0.1, 0.15) is 5.82 Å². The molecule has 0 aliphatic carbocycles. The van der Waals surface area contributed by atoms with Crippen LogP contribution in [0.2, 0.25) is 0 Å². The third kappa shape index (κ3) is 6.26. The molecule has 0 amide bonds. The van der Waals surface area contributed by atoms with Crippen LogP contribution in [-0.2, 0) is 25.8 Å². The quantitative estimate of drug-likeness (QED) is 0.394. The van der Waals surface area contributed by atoms with E-state index in [2.05, 4.69) is 4.98 Å². The van der Waals surface area contributed by atoms with Crippen LogP contribution in [0, 0.1) is 0 Å². The van der Waals surface area contributed by atoms with Gasteiger partial charge in [-0.2, -0.15) is 0 Å². The van der Waals surface area contributed by atoms with Gasteiger partial charge in [0.25, 0.3) is 0 Å². The number of benzene rings is 1. The van der Waals surface area contributed by atoms with Crippen LogP contribution in [0.3, 0.4) is 0 Å². The largest absolute Gasteiger partial charge is 4.00 e. The van der Waals surface area contributed by atoms with Gasteiger partial charge in [0.15, 0.2) is 0 Å². The number of hydrogen-bond acceptors (Lipinski definition) is 2. The van der Waals surface area contributed by atoms with Gasteiger partial charge in [-0.1, -0.05) is 18.2 Å². The van der Waals surface area contributed by atoms with Crippen molar-refractivity contribution < 1.29 is 75.5 Å². The molecule has 0 atom stereocenters. The molecule has 86 valence electrons. The molecule has 1 aromatic carbocycles. The van der Waals surface area contributed by atoms with E-state index in [1.54, 1.807) is 0 Å². The van der Waals surface area contributed by atoms with Crippen molar-refractivity contribution >= 4 is 16.7 Å². The molecule has 1 aromatic heterocycles. The molecule has 0 radical (unpaired) electrons. The molecule has 2 N–H and O–H groups in total. The van der Waals surface area contributed by atoms with E-state index in [-0.39, 0.29) is 75.5 Å². The van der Waals surface area contributed by atoms with Crippen molar-refractivity contribution in [3.05, 3.63) is 36.4 Å². The van der Waals surface area contributed by atoms with Gasteiger partial charge in [0.2, 0.25) is 0 Å². The predicted molar refractivity (Wildman–Crippen MR) is 46.2 cm³/mol. The fourth-order valence-corrected chi connectivity index (χ4v) is 1.08. The van der Waals surface area contributed by atoms with E-state index >= 15 is 0 Å². The summed E-state index contributed by atoms with van der Waals surface area (Å²) in [5.74, 6) is 0.573. The SMILES string of the molecule is Nc1ccc2ccccc2n1.[Cl-].[Cl-].[Cl-].[Cl-].[Hf+4]. The molecule has 0 aliphatic rings. The first-order valence-corrected chi connectivity index (χ1v) is 3.47. The van der Waals surface area contributed by atoms with Gasteiger partial charge in [-0.15, -0.1) is 0 Å². The van der Waals surface area contributed by atoms with Crippen molar-refractivity contribution in [2.75, 3.05) is 5.73 Å². The second kappa shape index (κ2) is 11.9. The molecule has 2 rings (SSSR count). The summed E-state index contributed by atoms with van der Waals surface area (Å²) in [5, 5.41) is 1.13. The van der Waals surface area contributed by atoms with Crippen LogP contribution >= 0.6 is 0 Å². The fourth-order valence-electron chi connectivity index (χ4n) is 1.08. The first-order valence-electron chi connectivity index (χ1n) is 3.47. The van der Waals surface area contributed by atoms with Crippen molar-refractivity contribution in [1.82, 2.24) is 4.98 Å². The van der Waals surface area contributed by atoms with E-state index in [9.17, 15) is 0 Å². The van der Waals surface area contributed by atoms with Crippen molar-refractivity contribution in [2.24, 2.45) is 0 Å². The maximum absolute atomic E-state index is 5.51. The van der Waals surface area contributed by atoms with Crippen molar-refractivity contribution in [2.45, 2.75) is 0 Å². The normalized spacial score (nSPS) is 7.00. The van der Waals surface area contributed by atoms with Gasteiger partial charge in [0, 0.05) is 5.39 Å². The van der Waals surface area contributed by atoms with E-state index in [0.717, 1.165) is 10.9 Å². The minimum absolute atomic E-state index is 0. The van der Waals surface area contributed by atoms with Crippen LogP contribution < -0.4 is 55.4 Å². The number of nitrogens with two attached hydrogens (primary N) is 1.